The summed E-state index contributed by atoms with van der Waals surface area (Å²) in [5.74, 6) is -2.59. The zero-order valence-corrected chi connectivity index (χ0v) is 18.1. The minimum atomic E-state index is -0.800. The molecule has 12 heteroatoms. The number of hydrogen-bond donors (Lipinski definition) is 3. The van der Waals surface area contributed by atoms with Crippen molar-refractivity contribution in [1.29, 1.82) is 0 Å². The van der Waals surface area contributed by atoms with Crippen LogP contribution in [0.5, 0.6) is 11.6 Å². The van der Waals surface area contributed by atoms with E-state index in [1.54, 1.807) is 14.1 Å². The first kappa shape index (κ1) is 24.0. The van der Waals surface area contributed by atoms with E-state index in [9.17, 15) is 23.2 Å². The first-order valence-corrected chi connectivity index (χ1v) is 9.82. The van der Waals surface area contributed by atoms with Crippen molar-refractivity contribution in [3.05, 3.63) is 66.5 Å². The lowest BCUT2D eigenvalue weighted by Gasteiger charge is -2.12. The second-order valence-electron chi connectivity index (χ2n) is 7.09. The Hall–Kier alpha value is -4.61. The fourth-order valence-electron chi connectivity index (χ4n) is 2.55. The molecule has 0 unspecified atom stereocenters. The van der Waals surface area contributed by atoms with Crippen LogP contribution < -0.4 is 20.7 Å². The zero-order chi connectivity index (χ0) is 24.7. The van der Waals surface area contributed by atoms with Crippen molar-refractivity contribution in [2.75, 3.05) is 30.0 Å². The molecule has 2 aromatic carbocycles. The van der Waals surface area contributed by atoms with Gasteiger partial charge in [-0.05, 0) is 36.4 Å². The van der Waals surface area contributed by atoms with Crippen LogP contribution in [0.4, 0.5) is 30.8 Å². The number of rotatable bonds is 7. The van der Waals surface area contributed by atoms with Crippen LogP contribution >= 0.6 is 0 Å². The van der Waals surface area contributed by atoms with Gasteiger partial charge in [0.15, 0.2) is 11.6 Å². The molecule has 0 aliphatic rings. The highest BCUT2D eigenvalue weighted by Gasteiger charge is 2.13. The lowest BCUT2D eigenvalue weighted by atomic mass is 10.2. The summed E-state index contributed by atoms with van der Waals surface area (Å²) in [5, 5.41) is 7.37. The maximum atomic E-state index is 14.5. The molecule has 0 saturated carbocycles. The fraction of sp³-hybridized carbons (Fsp3) is 0.136. The average Bonchev–Trinajstić information content (AvgIpc) is 2.77. The topological polar surface area (TPSA) is 126 Å². The Morgan fingerprint density at radius 3 is 2.18 bits per heavy atom. The minimum Gasteiger partial charge on any atom is -0.436 e. The number of nitrogens with one attached hydrogen (secondary N) is 3. The van der Waals surface area contributed by atoms with Gasteiger partial charge in [-0.25, -0.2) is 23.5 Å². The smallest absolute Gasteiger partial charge is 0.322 e. The third kappa shape index (κ3) is 6.95. The summed E-state index contributed by atoms with van der Waals surface area (Å²) in [4.78, 5) is 44.8. The molecule has 1 aromatic heterocycles. The normalized spacial score (nSPS) is 10.2. The van der Waals surface area contributed by atoms with Crippen molar-refractivity contribution in [2.24, 2.45) is 0 Å². The van der Waals surface area contributed by atoms with Crippen LogP contribution in [-0.4, -0.2) is 46.8 Å². The molecule has 1 heterocycles. The molecular formula is C22H20F2N6O4. The molecule has 0 spiro atoms. The Balaban J connectivity index is 1.57. The van der Waals surface area contributed by atoms with Crippen molar-refractivity contribution in [3.63, 3.8) is 0 Å². The number of aromatic nitrogens is 2. The van der Waals surface area contributed by atoms with Gasteiger partial charge in [-0.1, -0.05) is 0 Å². The zero-order valence-electron chi connectivity index (χ0n) is 18.1. The quantitative estimate of drug-likeness (QED) is 0.453. The second kappa shape index (κ2) is 10.8. The maximum absolute atomic E-state index is 14.5. The molecule has 3 N–H and O–H groups in total. The molecule has 3 aromatic rings. The summed E-state index contributed by atoms with van der Waals surface area (Å²) < 4.78 is 32.8. The first-order chi connectivity index (χ1) is 16.2. The summed E-state index contributed by atoms with van der Waals surface area (Å²) in [6, 6.07) is 9.62. The monoisotopic (exact) mass is 470 g/mol. The molecular weight excluding hydrogens is 450 g/mol. The van der Waals surface area contributed by atoms with E-state index in [-0.39, 0.29) is 23.1 Å². The molecule has 0 aliphatic carbocycles. The summed E-state index contributed by atoms with van der Waals surface area (Å²) in [5.41, 5.74) is 0.437. The molecule has 0 radical (unpaired) electrons. The molecule has 3 rings (SSSR count). The van der Waals surface area contributed by atoms with Crippen molar-refractivity contribution < 1.29 is 27.9 Å². The summed E-state index contributed by atoms with van der Waals surface area (Å²) >= 11 is 0. The minimum absolute atomic E-state index is 0.0165. The Kier molecular flexibility index (Phi) is 7.64. The SMILES string of the molecule is CN(C)C(=O)Nc1cc(Oc2ccc(NC(=O)CC(=O)Nc3ccc(F)cc3)cc2F)ncn1. The third-order valence-electron chi connectivity index (χ3n) is 4.16. The molecule has 34 heavy (non-hydrogen) atoms. The largest absolute Gasteiger partial charge is 0.436 e. The van der Waals surface area contributed by atoms with E-state index >= 15 is 0 Å². The molecule has 176 valence electrons. The Labute approximate surface area is 193 Å². The van der Waals surface area contributed by atoms with Gasteiger partial charge in [-0.15, -0.1) is 0 Å². The van der Waals surface area contributed by atoms with Gasteiger partial charge in [0, 0.05) is 37.6 Å². The number of carbonyl (C=O) groups is 3. The Morgan fingerprint density at radius 2 is 1.53 bits per heavy atom. The number of nitrogens with zero attached hydrogens (tertiary/aromatic N) is 3. The summed E-state index contributed by atoms with van der Waals surface area (Å²) in [6.45, 7) is 0. The number of amides is 4. The van der Waals surface area contributed by atoms with E-state index in [0.717, 1.165) is 12.4 Å². The van der Waals surface area contributed by atoms with Gasteiger partial charge < -0.3 is 20.3 Å². The lowest BCUT2D eigenvalue weighted by molar-refractivity contribution is -0.123. The molecule has 4 amide bonds. The molecule has 0 fully saturated rings. The van der Waals surface area contributed by atoms with Crippen LogP contribution in [0.1, 0.15) is 6.42 Å². The number of benzene rings is 2. The number of carbonyl (C=O) groups excluding carboxylic acids is 3. The molecule has 0 bridgehead atoms. The van der Waals surface area contributed by atoms with Gasteiger partial charge in [0.25, 0.3) is 0 Å². The summed E-state index contributed by atoms with van der Waals surface area (Å²) in [7, 11) is 3.11. The predicted molar refractivity (Wildman–Crippen MR) is 119 cm³/mol. The number of halogens is 2. The number of urea groups is 1. The van der Waals surface area contributed by atoms with E-state index in [1.165, 1.54) is 47.4 Å². The van der Waals surface area contributed by atoms with Crippen LogP contribution in [0, 0.1) is 11.6 Å². The van der Waals surface area contributed by atoms with E-state index in [0.29, 0.717) is 5.69 Å². The van der Waals surface area contributed by atoms with Crippen molar-refractivity contribution in [2.45, 2.75) is 6.42 Å². The van der Waals surface area contributed by atoms with Crippen molar-refractivity contribution in [1.82, 2.24) is 14.9 Å². The highest BCUT2D eigenvalue weighted by atomic mass is 19.1. The predicted octanol–water partition coefficient (Wildman–Crippen LogP) is 3.61. The first-order valence-electron chi connectivity index (χ1n) is 9.82. The third-order valence-corrected chi connectivity index (χ3v) is 4.16. The Bertz CT molecular complexity index is 1200. The average molecular weight is 470 g/mol. The number of hydrogen-bond acceptors (Lipinski definition) is 6. The lowest BCUT2D eigenvalue weighted by Crippen LogP contribution is -2.27. The summed E-state index contributed by atoms with van der Waals surface area (Å²) in [6.07, 6.45) is 0.615. The van der Waals surface area contributed by atoms with Crippen LogP contribution in [0.3, 0.4) is 0 Å². The van der Waals surface area contributed by atoms with Gasteiger partial charge in [0.1, 0.15) is 24.4 Å². The molecule has 10 nitrogen and oxygen atoms in total. The Morgan fingerprint density at radius 1 is 0.882 bits per heavy atom. The van der Waals surface area contributed by atoms with Gasteiger partial charge in [0.2, 0.25) is 17.7 Å². The van der Waals surface area contributed by atoms with Gasteiger partial charge >= 0.3 is 6.03 Å². The van der Waals surface area contributed by atoms with Crippen molar-refractivity contribution >= 4 is 35.0 Å². The molecule has 0 atom stereocenters. The van der Waals surface area contributed by atoms with Crippen LogP contribution in [0.25, 0.3) is 0 Å². The van der Waals surface area contributed by atoms with Gasteiger partial charge in [-0.3, -0.25) is 14.9 Å². The molecule has 0 aliphatic heterocycles. The van der Waals surface area contributed by atoms with E-state index in [1.807, 2.05) is 0 Å². The van der Waals surface area contributed by atoms with Crippen LogP contribution in [-0.2, 0) is 9.59 Å². The highest BCUT2D eigenvalue weighted by molar-refractivity contribution is 6.08. The number of anilines is 3. The fourth-order valence-corrected chi connectivity index (χ4v) is 2.55. The van der Waals surface area contributed by atoms with Gasteiger partial charge in [0.05, 0.1) is 0 Å². The standard InChI is InChI=1S/C22H20F2N6O4/c1-30(2)22(33)29-18-10-21(26-12-25-18)34-17-8-7-15(9-16(17)24)28-20(32)11-19(31)27-14-5-3-13(23)4-6-14/h3-10,12H,11H2,1-2H3,(H,27,31)(H,28,32)(H,25,26,29,33). The van der Waals surface area contributed by atoms with Crippen LogP contribution in [0.2, 0.25) is 0 Å². The maximum Gasteiger partial charge on any atom is 0.322 e. The van der Waals surface area contributed by atoms with E-state index in [2.05, 4.69) is 25.9 Å². The van der Waals surface area contributed by atoms with Crippen molar-refractivity contribution in [3.8, 4) is 11.6 Å². The number of ether oxygens (including phenoxy) is 1. The van der Waals surface area contributed by atoms with E-state index in [4.69, 9.17) is 4.74 Å². The second-order valence-corrected chi connectivity index (χ2v) is 7.09. The molecule has 0 saturated heterocycles. The highest BCUT2D eigenvalue weighted by Crippen LogP contribution is 2.26. The van der Waals surface area contributed by atoms with Crippen LogP contribution in [0.15, 0.2) is 54.9 Å². The van der Waals surface area contributed by atoms with Gasteiger partial charge in [-0.2, -0.15) is 0 Å². The van der Waals surface area contributed by atoms with E-state index < -0.39 is 35.9 Å².